The highest BCUT2D eigenvalue weighted by Gasteiger charge is 2.14. The minimum Gasteiger partial charge on any atom is -0.366 e. The lowest BCUT2D eigenvalue weighted by Crippen LogP contribution is -2.22. The number of carbonyl (C=O) groups excluding carboxylic acids is 1. The van der Waals surface area contributed by atoms with Gasteiger partial charge in [0.2, 0.25) is 0 Å². The molecule has 0 spiro atoms. The largest absolute Gasteiger partial charge is 0.366 e. The third-order valence-electron chi connectivity index (χ3n) is 3.20. The van der Waals surface area contributed by atoms with Crippen LogP contribution in [0.3, 0.4) is 0 Å². The van der Waals surface area contributed by atoms with Gasteiger partial charge >= 0.3 is 0 Å². The van der Waals surface area contributed by atoms with Crippen molar-refractivity contribution in [2.75, 3.05) is 0 Å². The van der Waals surface area contributed by atoms with Crippen molar-refractivity contribution in [2.45, 2.75) is 25.8 Å². The van der Waals surface area contributed by atoms with Gasteiger partial charge in [0.1, 0.15) is 0 Å². The fraction of sp³-hybridized carbons (Fsp3) is 0.286. The average molecular weight is 293 g/mol. The van der Waals surface area contributed by atoms with Crippen LogP contribution in [0, 0.1) is 0 Å². The molecule has 4 N–H and O–H groups in total. The summed E-state index contributed by atoms with van der Waals surface area (Å²) in [7, 11) is 0. The monoisotopic (exact) mass is 292 g/mol. The Morgan fingerprint density at radius 2 is 2.25 bits per heavy atom. The summed E-state index contributed by atoms with van der Waals surface area (Å²) in [6.07, 6.45) is 4.54. The maximum absolute atomic E-state index is 11.1. The van der Waals surface area contributed by atoms with E-state index in [9.17, 15) is 4.79 Å². The number of amides is 1. The zero-order valence-corrected chi connectivity index (χ0v) is 12.0. The van der Waals surface area contributed by atoms with Crippen molar-refractivity contribution in [3.05, 3.63) is 46.7 Å². The van der Waals surface area contributed by atoms with Crippen molar-refractivity contribution in [1.82, 2.24) is 9.78 Å². The second kappa shape index (κ2) is 6.07. The van der Waals surface area contributed by atoms with E-state index in [0.717, 1.165) is 17.7 Å². The molecule has 2 rings (SSSR count). The van der Waals surface area contributed by atoms with Gasteiger partial charge in [-0.25, -0.2) is 4.68 Å². The second-order valence-corrected chi connectivity index (χ2v) is 5.05. The molecule has 1 amide bonds. The van der Waals surface area contributed by atoms with Gasteiger partial charge in [-0.1, -0.05) is 24.6 Å². The quantitative estimate of drug-likeness (QED) is 0.882. The van der Waals surface area contributed by atoms with Gasteiger partial charge in [-0.05, 0) is 30.5 Å². The van der Waals surface area contributed by atoms with Gasteiger partial charge in [0.25, 0.3) is 5.91 Å². The van der Waals surface area contributed by atoms with Crippen LogP contribution in [0.1, 0.15) is 29.3 Å². The van der Waals surface area contributed by atoms with E-state index in [4.69, 9.17) is 23.1 Å². The molecule has 20 heavy (non-hydrogen) atoms. The molecule has 0 aliphatic rings. The van der Waals surface area contributed by atoms with Crippen molar-refractivity contribution in [2.24, 2.45) is 11.5 Å². The molecule has 1 unspecified atom stereocenters. The van der Waals surface area contributed by atoms with Crippen molar-refractivity contribution in [3.63, 3.8) is 0 Å². The Bertz CT molecular complexity index is 623. The Kier molecular flexibility index (Phi) is 4.42. The third-order valence-corrected chi connectivity index (χ3v) is 3.55. The number of rotatable bonds is 5. The van der Waals surface area contributed by atoms with Crippen LogP contribution in [0.15, 0.2) is 30.6 Å². The highest BCUT2D eigenvalue weighted by atomic mass is 35.5. The summed E-state index contributed by atoms with van der Waals surface area (Å²) in [4.78, 5) is 11.1. The van der Waals surface area contributed by atoms with Crippen LogP contribution in [0.25, 0.3) is 5.69 Å². The number of nitrogens with zero attached hydrogens (tertiary/aromatic N) is 2. The molecular formula is C14H17ClN4O. The molecule has 6 heteroatoms. The van der Waals surface area contributed by atoms with Gasteiger partial charge in [-0.2, -0.15) is 5.10 Å². The Balaban J connectivity index is 2.44. The molecule has 0 aliphatic carbocycles. The smallest absolute Gasteiger partial charge is 0.251 e. The van der Waals surface area contributed by atoms with Crippen LogP contribution in [-0.4, -0.2) is 21.7 Å². The zero-order chi connectivity index (χ0) is 14.7. The highest BCUT2D eigenvalue weighted by Crippen LogP contribution is 2.25. The van der Waals surface area contributed by atoms with E-state index in [1.165, 1.54) is 6.20 Å². The molecule has 0 saturated heterocycles. The lowest BCUT2D eigenvalue weighted by molar-refractivity contribution is 0.100. The fourth-order valence-corrected chi connectivity index (χ4v) is 2.20. The van der Waals surface area contributed by atoms with Crippen LogP contribution in [-0.2, 0) is 6.42 Å². The van der Waals surface area contributed by atoms with Gasteiger partial charge in [-0.3, -0.25) is 4.79 Å². The molecule has 0 bridgehead atoms. The molecule has 2 aromatic rings. The molecule has 0 aliphatic heterocycles. The van der Waals surface area contributed by atoms with Gasteiger partial charge in [-0.15, -0.1) is 0 Å². The number of hydrogen-bond donors (Lipinski definition) is 2. The Morgan fingerprint density at radius 1 is 1.50 bits per heavy atom. The Labute approximate surface area is 122 Å². The SMILES string of the molecule is CCC(N)Cc1c(Cl)cccc1-n1cc(C(N)=O)cn1. The van der Waals surface area contributed by atoms with E-state index in [-0.39, 0.29) is 6.04 Å². The van der Waals surface area contributed by atoms with E-state index in [2.05, 4.69) is 5.10 Å². The molecular weight excluding hydrogens is 276 g/mol. The lowest BCUT2D eigenvalue weighted by Gasteiger charge is -2.15. The van der Waals surface area contributed by atoms with Crippen molar-refractivity contribution >= 4 is 17.5 Å². The summed E-state index contributed by atoms with van der Waals surface area (Å²) >= 11 is 6.26. The van der Waals surface area contributed by atoms with Crippen molar-refractivity contribution < 1.29 is 4.79 Å². The van der Waals surface area contributed by atoms with Gasteiger partial charge in [0, 0.05) is 17.3 Å². The third kappa shape index (κ3) is 3.00. The van der Waals surface area contributed by atoms with Gasteiger partial charge in [0.15, 0.2) is 0 Å². The summed E-state index contributed by atoms with van der Waals surface area (Å²) in [6.45, 7) is 2.03. The van der Waals surface area contributed by atoms with Crippen LogP contribution >= 0.6 is 11.6 Å². The van der Waals surface area contributed by atoms with Crippen LogP contribution in [0.5, 0.6) is 0 Å². The standard InChI is InChI=1S/C14H17ClN4O/c1-2-10(16)6-11-12(15)4-3-5-13(11)19-8-9(7-18-19)14(17)20/h3-5,7-8,10H,2,6,16H2,1H3,(H2,17,20). The van der Waals surface area contributed by atoms with E-state index in [0.29, 0.717) is 17.0 Å². The number of halogens is 1. The molecule has 0 fully saturated rings. The van der Waals surface area contributed by atoms with Crippen LogP contribution < -0.4 is 11.5 Å². The topological polar surface area (TPSA) is 86.9 Å². The first-order valence-electron chi connectivity index (χ1n) is 6.40. The highest BCUT2D eigenvalue weighted by molar-refractivity contribution is 6.31. The predicted octanol–water partition coefficient (Wildman–Crippen LogP) is 1.90. The Morgan fingerprint density at radius 3 is 2.85 bits per heavy atom. The number of primary amides is 1. The van der Waals surface area contributed by atoms with Gasteiger partial charge in [0.05, 0.1) is 17.4 Å². The van der Waals surface area contributed by atoms with E-state index in [1.54, 1.807) is 10.9 Å². The first kappa shape index (κ1) is 14.6. The molecule has 5 nitrogen and oxygen atoms in total. The first-order valence-corrected chi connectivity index (χ1v) is 6.78. The van der Waals surface area contributed by atoms with Crippen LogP contribution in [0.2, 0.25) is 5.02 Å². The summed E-state index contributed by atoms with van der Waals surface area (Å²) in [6, 6.07) is 5.58. The minimum atomic E-state index is -0.509. The molecule has 1 aromatic heterocycles. The maximum Gasteiger partial charge on any atom is 0.251 e. The van der Waals surface area contributed by atoms with E-state index in [1.807, 2.05) is 25.1 Å². The summed E-state index contributed by atoms with van der Waals surface area (Å²) < 4.78 is 1.60. The van der Waals surface area contributed by atoms with Crippen molar-refractivity contribution in [1.29, 1.82) is 0 Å². The summed E-state index contributed by atoms with van der Waals surface area (Å²) in [5.74, 6) is -0.509. The van der Waals surface area contributed by atoms with Gasteiger partial charge < -0.3 is 11.5 Å². The number of aromatic nitrogens is 2. The number of hydrogen-bond acceptors (Lipinski definition) is 3. The first-order chi connectivity index (χ1) is 9.52. The predicted molar refractivity (Wildman–Crippen MR) is 79.1 cm³/mol. The maximum atomic E-state index is 11.1. The van der Waals surface area contributed by atoms with Crippen LogP contribution in [0.4, 0.5) is 0 Å². The fourth-order valence-electron chi connectivity index (χ4n) is 1.95. The molecule has 0 saturated carbocycles. The van der Waals surface area contributed by atoms with E-state index < -0.39 is 5.91 Å². The number of carbonyl (C=O) groups is 1. The minimum absolute atomic E-state index is 0.0276. The number of nitrogens with two attached hydrogens (primary N) is 2. The second-order valence-electron chi connectivity index (χ2n) is 4.65. The molecule has 1 heterocycles. The Hall–Kier alpha value is -1.85. The van der Waals surface area contributed by atoms with E-state index >= 15 is 0 Å². The zero-order valence-electron chi connectivity index (χ0n) is 11.2. The molecule has 1 atom stereocenters. The molecule has 106 valence electrons. The number of benzene rings is 1. The molecule has 1 aromatic carbocycles. The molecule has 0 radical (unpaired) electrons. The normalized spacial score (nSPS) is 12.3. The van der Waals surface area contributed by atoms with Crippen molar-refractivity contribution in [3.8, 4) is 5.69 Å². The average Bonchev–Trinajstić information content (AvgIpc) is 2.90. The summed E-state index contributed by atoms with van der Waals surface area (Å²) in [5, 5.41) is 4.80. The lowest BCUT2D eigenvalue weighted by atomic mass is 10.0. The summed E-state index contributed by atoms with van der Waals surface area (Å²) in [5.41, 5.74) is 13.3.